The molecule has 4 nitrogen and oxygen atoms in total. The monoisotopic (exact) mass is 213 g/mol. The molecule has 1 amide bonds. The van der Waals surface area contributed by atoms with Gasteiger partial charge >= 0.3 is 0 Å². The van der Waals surface area contributed by atoms with Gasteiger partial charge in [-0.2, -0.15) is 0 Å². The molecule has 0 saturated carbocycles. The minimum Gasteiger partial charge on any atom is -0.369 e. The number of aryl methyl sites for hydroxylation is 1. The number of thioether (sulfide) groups is 1. The number of rotatable bonds is 5. The highest BCUT2D eigenvalue weighted by molar-refractivity contribution is 8.00. The Hall–Kier alpha value is -0.970. The Morgan fingerprint density at radius 1 is 1.79 bits per heavy atom. The van der Waals surface area contributed by atoms with Crippen LogP contribution in [0.4, 0.5) is 0 Å². The van der Waals surface area contributed by atoms with Gasteiger partial charge in [0.1, 0.15) is 0 Å². The van der Waals surface area contributed by atoms with E-state index in [2.05, 4.69) is 11.9 Å². The molecule has 0 aliphatic carbocycles. The van der Waals surface area contributed by atoms with Gasteiger partial charge in [0.15, 0.2) is 5.16 Å². The zero-order valence-electron chi connectivity index (χ0n) is 8.43. The lowest BCUT2D eigenvalue weighted by Gasteiger charge is -2.08. The van der Waals surface area contributed by atoms with Gasteiger partial charge in [0.25, 0.3) is 0 Å². The summed E-state index contributed by atoms with van der Waals surface area (Å²) in [5, 5.41) is 0.631. The normalized spacial score (nSPS) is 12.7. The number of hydrogen-bond donors (Lipinski definition) is 1. The van der Waals surface area contributed by atoms with E-state index in [4.69, 9.17) is 5.73 Å². The molecule has 0 aliphatic heterocycles. The molecular formula is C9H15N3OS. The van der Waals surface area contributed by atoms with Gasteiger partial charge in [0, 0.05) is 18.9 Å². The molecule has 0 fully saturated rings. The van der Waals surface area contributed by atoms with Gasteiger partial charge in [0.2, 0.25) is 5.91 Å². The highest BCUT2D eigenvalue weighted by atomic mass is 32.2. The first-order chi connectivity index (χ1) is 6.65. The first-order valence-corrected chi connectivity index (χ1v) is 5.50. The quantitative estimate of drug-likeness (QED) is 0.749. The molecule has 0 aromatic carbocycles. The van der Waals surface area contributed by atoms with Crippen LogP contribution in [0.5, 0.6) is 0 Å². The van der Waals surface area contributed by atoms with Crippen molar-refractivity contribution in [2.24, 2.45) is 5.73 Å². The van der Waals surface area contributed by atoms with Crippen LogP contribution in [0.15, 0.2) is 17.6 Å². The van der Waals surface area contributed by atoms with Crippen LogP contribution in [0.25, 0.3) is 0 Å². The summed E-state index contributed by atoms with van der Waals surface area (Å²) in [6.07, 6.45) is 4.71. The fourth-order valence-electron chi connectivity index (χ4n) is 1.04. The maximum Gasteiger partial charge on any atom is 0.230 e. The lowest BCUT2D eigenvalue weighted by Crippen LogP contribution is -2.23. The summed E-state index contributed by atoms with van der Waals surface area (Å²) in [6, 6.07) is 0. The zero-order valence-corrected chi connectivity index (χ0v) is 9.25. The van der Waals surface area contributed by atoms with Crippen LogP contribution in [-0.4, -0.2) is 20.7 Å². The molecule has 1 aromatic rings. The number of nitrogens with two attached hydrogens (primary N) is 1. The van der Waals surface area contributed by atoms with Gasteiger partial charge < -0.3 is 10.3 Å². The van der Waals surface area contributed by atoms with Gasteiger partial charge in [-0.05, 0) is 13.3 Å². The Balaban J connectivity index is 2.66. The number of amides is 1. The average Bonchev–Trinajstić information content (AvgIpc) is 2.53. The summed E-state index contributed by atoms with van der Waals surface area (Å²) in [6.45, 7) is 4.82. The summed E-state index contributed by atoms with van der Waals surface area (Å²) in [4.78, 5) is 15.0. The lowest BCUT2D eigenvalue weighted by molar-refractivity contribution is -0.117. The molecule has 1 rings (SSSR count). The molecule has 5 heteroatoms. The Labute approximate surface area is 87.9 Å². The largest absolute Gasteiger partial charge is 0.369 e. The van der Waals surface area contributed by atoms with Crippen LogP contribution < -0.4 is 5.73 Å². The van der Waals surface area contributed by atoms with Crippen LogP contribution in [0.1, 0.15) is 20.3 Å². The van der Waals surface area contributed by atoms with Crippen molar-refractivity contribution in [3.05, 3.63) is 12.4 Å². The predicted molar refractivity (Wildman–Crippen MR) is 57.0 cm³/mol. The predicted octanol–water partition coefficient (Wildman–Crippen LogP) is 1.26. The molecule has 2 N–H and O–H groups in total. The molecule has 1 atom stereocenters. The molecule has 1 heterocycles. The molecule has 0 saturated heterocycles. The summed E-state index contributed by atoms with van der Waals surface area (Å²) in [7, 11) is 0. The molecule has 1 aromatic heterocycles. The van der Waals surface area contributed by atoms with E-state index in [9.17, 15) is 4.79 Å². The fraction of sp³-hybridized carbons (Fsp3) is 0.556. The van der Waals surface area contributed by atoms with Crippen molar-refractivity contribution in [1.82, 2.24) is 9.55 Å². The molecule has 1 unspecified atom stereocenters. The zero-order chi connectivity index (χ0) is 10.6. The minimum atomic E-state index is -0.305. The van der Waals surface area contributed by atoms with E-state index in [1.54, 1.807) is 13.1 Å². The van der Waals surface area contributed by atoms with Crippen molar-refractivity contribution < 1.29 is 4.79 Å². The Kier molecular flexibility index (Phi) is 4.00. The third-order valence-electron chi connectivity index (χ3n) is 1.82. The maximum absolute atomic E-state index is 10.9. The van der Waals surface area contributed by atoms with E-state index in [0.717, 1.165) is 18.1 Å². The van der Waals surface area contributed by atoms with Gasteiger partial charge in [-0.1, -0.05) is 18.7 Å². The van der Waals surface area contributed by atoms with Gasteiger partial charge in [-0.3, -0.25) is 4.79 Å². The summed E-state index contributed by atoms with van der Waals surface area (Å²) in [5.74, 6) is -0.305. The number of nitrogens with zero attached hydrogens (tertiary/aromatic N) is 2. The fourth-order valence-corrected chi connectivity index (χ4v) is 1.88. The molecule has 0 spiro atoms. The number of aromatic nitrogens is 2. The molecule has 0 bridgehead atoms. The Bertz CT molecular complexity index is 311. The van der Waals surface area contributed by atoms with Crippen molar-refractivity contribution >= 4 is 17.7 Å². The summed E-state index contributed by atoms with van der Waals surface area (Å²) in [5.41, 5.74) is 5.18. The SMILES string of the molecule is CCCn1ccnc1SC(C)C(N)=O. The van der Waals surface area contributed by atoms with Crippen LogP contribution in [0, 0.1) is 0 Å². The van der Waals surface area contributed by atoms with E-state index < -0.39 is 0 Å². The van der Waals surface area contributed by atoms with Crippen molar-refractivity contribution in [2.45, 2.75) is 37.2 Å². The summed E-state index contributed by atoms with van der Waals surface area (Å²) < 4.78 is 2.03. The second-order valence-corrected chi connectivity index (χ2v) is 4.37. The van der Waals surface area contributed by atoms with Crippen molar-refractivity contribution in [3.63, 3.8) is 0 Å². The van der Waals surface area contributed by atoms with Crippen molar-refractivity contribution in [3.8, 4) is 0 Å². The third kappa shape index (κ3) is 2.77. The van der Waals surface area contributed by atoms with E-state index in [1.807, 2.05) is 10.8 Å². The van der Waals surface area contributed by atoms with Crippen LogP contribution >= 0.6 is 11.8 Å². The Morgan fingerprint density at radius 3 is 3.07 bits per heavy atom. The van der Waals surface area contributed by atoms with E-state index in [-0.39, 0.29) is 11.2 Å². The summed E-state index contributed by atoms with van der Waals surface area (Å²) >= 11 is 1.40. The third-order valence-corrected chi connectivity index (χ3v) is 2.96. The number of carbonyl (C=O) groups is 1. The van der Waals surface area contributed by atoms with Crippen LogP contribution in [0.3, 0.4) is 0 Å². The highest BCUT2D eigenvalue weighted by Crippen LogP contribution is 2.21. The van der Waals surface area contributed by atoms with E-state index in [1.165, 1.54) is 11.8 Å². The van der Waals surface area contributed by atoms with E-state index in [0.29, 0.717) is 0 Å². The first-order valence-electron chi connectivity index (χ1n) is 4.62. The molecular weight excluding hydrogens is 198 g/mol. The number of imidazole rings is 1. The topological polar surface area (TPSA) is 60.9 Å². The van der Waals surface area contributed by atoms with Crippen molar-refractivity contribution in [1.29, 1.82) is 0 Å². The average molecular weight is 213 g/mol. The first kappa shape index (κ1) is 11.1. The minimum absolute atomic E-state index is 0.229. The second-order valence-electron chi connectivity index (χ2n) is 3.07. The number of hydrogen-bond acceptors (Lipinski definition) is 3. The van der Waals surface area contributed by atoms with Crippen LogP contribution in [-0.2, 0) is 11.3 Å². The molecule has 0 radical (unpaired) electrons. The number of primary amides is 1. The standard InChI is InChI=1S/C9H15N3OS/c1-3-5-12-6-4-11-9(12)14-7(2)8(10)13/h4,6-7H,3,5H2,1-2H3,(H2,10,13). The van der Waals surface area contributed by atoms with Gasteiger partial charge in [-0.25, -0.2) is 4.98 Å². The Morgan fingerprint density at radius 2 is 2.50 bits per heavy atom. The lowest BCUT2D eigenvalue weighted by atomic mass is 10.5. The molecule has 0 aliphatic rings. The maximum atomic E-state index is 10.9. The second kappa shape index (κ2) is 5.05. The van der Waals surface area contributed by atoms with Gasteiger partial charge in [-0.15, -0.1) is 0 Å². The molecule has 14 heavy (non-hydrogen) atoms. The number of carbonyl (C=O) groups excluding carboxylic acids is 1. The highest BCUT2D eigenvalue weighted by Gasteiger charge is 2.13. The van der Waals surface area contributed by atoms with Crippen LogP contribution in [0.2, 0.25) is 0 Å². The van der Waals surface area contributed by atoms with Crippen molar-refractivity contribution in [2.75, 3.05) is 0 Å². The van der Waals surface area contributed by atoms with E-state index >= 15 is 0 Å². The smallest absolute Gasteiger partial charge is 0.230 e. The van der Waals surface area contributed by atoms with Gasteiger partial charge in [0.05, 0.1) is 5.25 Å². The molecule has 78 valence electrons.